The molecule has 1 saturated heterocycles. The molecule has 1 amide bonds. The second-order valence-electron chi connectivity index (χ2n) is 5.43. The van der Waals surface area contributed by atoms with E-state index in [4.69, 9.17) is 11.6 Å². The first-order valence-corrected chi connectivity index (χ1v) is 9.39. The Morgan fingerprint density at radius 2 is 2.08 bits per heavy atom. The number of nitrogens with zero attached hydrogens (tertiary/aromatic N) is 1. The van der Waals surface area contributed by atoms with Crippen LogP contribution in [0.3, 0.4) is 0 Å². The Balaban J connectivity index is 1.92. The number of alkyl halides is 3. The van der Waals surface area contributed by atoms with E-state index in [9.17, 15) is 26.4 Å². The third kappa shape index (κ3) is 5.45. The summed E-state index contributed by atoms with van der Waals surface area (Å²) in [5, 5.41) is 2.57. The van der Waals surface area contributed by atoms with Crippen molar-refractivity contribution in [2.75, 3.05) is 25.4 Å². The minimum atomic E-state index is -4.50. The van der Waals surface area contributed by atoms with Crippen molar-refractivity contribution >= 4 is 33.6 Å². The van der Waals surface area contributed by atoms with Crippen molar-refractivity contribution in [1.82, 2.24) is 9.62 Å². The Kier molecular flexibility index (Phi) is 6.12. The summed E-state index contributed by atoms with van der Waals surface area (Å²) in [5.74, 6) is -0.445. The molecule has 0 atom stereocenters. The van der Waals surface area contributed by atoms with Gasteiger partial charge in [0.1, 0.15) is 0 Å². The Labute approximate surface area is 148 Å². The lowest BCUT2D eigenvalue weighted by Gasteiger charge is -2.13. The van der Waals surface area contributed by atoms with E-state index in [0.29, 0.717) is 13.0 Å². The molecule has 0 aromatic heterocycles. The monoisotopic (exact) mass is 396 g/mol. The van der Waals surface area contributed by atoms with Gasteiger partial charge in [0.2, 0.25) is 15.9 Å². The van der Waals surface area contributed by atoms with Gasteiger partial charge in [0.25, 0.3) is 0 Å². The first-order chi connectivity index (χ1) is 11.6. The Hall–Kier alpha value is -1.58. The van der Waals surface area contributed by atoms with E-state index < -0.39 is 27.7 Å². The predicted octanol–water partition coefficient (Wildman–Crippen LogP) is 2.52. The average molecular weight is 397 g/mol. The summed E-state index contributed by atoms with van der Waals surface area (Å²) in [7, 11) is -3.22. The lowest BCUT2D eigenvalue weighted by molar-refractivity contribution is -0.137. The minimum Gasteiger partial charge on any atom is -0.351 e. The molecule has 1 aromatic rings. The van der Waals surface area contributed by atoms with Crippen molar-refractivity contribution in [2.45, 2.75) is 12.6 Å². The summed E-state index contributed by atoms with van der Waals surface area (Å²) in [6.07, 6.45) is -1.71. The molecule has 5 nitrogen and oxygen atoms in total. The van der Waals surface area contributed by atoms with Crippen molar-refractivity contribution in [3.8, 4) is 0 Å². The van der Waals surface area contributed by atoms with Gasteiger partial charge in [-0.15, -0.1) is 0 Å². The fourth-order valence-corrected chi connectivity index (χ4v) is 4.03. The summed E-state index contributed by atoms with van der Waals surface area (Å²) in [5.41, 5.74) is -0.801. The van der Waals surface area contributed by atoms with E-state index in [1.165, 1.54) is 10.4 Å². The zero-order valence-corrected chi connectivity index (χ0v) is 14.6. The highest BCUT2D eigenvalue weighted by atomic mass is 35.5. The molecular formula is C15H16ClF3N2O3S. The normalized spacial score (nSPS) is 17.9. The lowest BCUT2D eigenvalue weighted by atomic mass is 10.1. The number of nitrogens with one attached hydrogen (secondary N) is 1. The van der Waals surface area contributed by atoms with Crippen LogP contribution in [0.4, 0.5) is 13.2 Å². The molecule has 0 bridgehead atoms. The van der Waals surface area contributed by atoms with Gasteiger partial charge in [-0.1, -0.05) is 11.6 Å². The van der Waals surface area contributed by atoms with Gasteiger partial charge in [0.15, 0.2) is 0 Å². The molecular weight excluding hydrogens is 381 g/mol. The maximum Gasteiger partial charge on any atom is 0.416 e. The molecule has 0 aliphatic carbocycles. The molecule has 0 radical (unpaired) electrons. The van der Waals surface area contributed by atoms with Gasteiger partial charge in [0, 0.05) is 30.7 Å². The molecule has 1 N–H and O–H groups in total. The number of benzene rings is 1. The van der Waals surface area contributed by atoms with Crippen LogP contribution in [0.5, 0.6) is 0 Å². The molecule has 1 heterocycles. The molecule has 0 unspecified atom stereocenters. The number of amides is 1. The summed E-state index contributed by atoms with van der Waals surface area (Å²) < 4.78 is 62.5. The second kappa shape index (κ2) is 7.76. The van der Waals surface area contributed by atoms with Crippen LogP contribution in [-0.2, 0) is 21.0 Å². The van der Waals surface area contributed by atoms with Crippen LogP contribution < -0.4 is 5.32 Å². The SMILES string of the molecule is O=C(C=Cc1cc(C(F)(F)F)ccc1Cl)NCCN1CCCS1(=O)=O. The highest BCUT2D eigenvalue weighted by Crippen LogP contribution is 2.32. The Morgan fingerprint density at radius 1 is 1.36 bits per heavy atom. The fourth-order valence-electron chi connectivity index (χ4n) is 2.32. The second-order valence-corrected chi connectivity index (χ2v) is 7.92. The third-order valence-electron chi connectivity index (χ3n) is 3.60. The Morgan fingerprint density at radius 3 is 2.68 bits per heavy atom. The molecule has 0 spiro atoms. The molecule has 138 valence electrons. The van der Waals surface area contributed by atoms with Crippen molar-refractivity contribution in [3.05, 3.63) is 40.4 Å². The third-order valence-corrected chi connectivity index (χ3v) is 5.90. The van der Waals surface area contributed by atoms with Crippen LogP contribution in [0.1, 0.15) is 17.5 Å². The van der Waals surface area contributed by atoms with Crippen LogP contribution in [0.25, 0.3) is 6.08 Å². The number of sulfonamides is 1. The highest BCUT2D eigenvalue weighted by Gasteiger charge is 2.30. The lowest BCUT2D eigenvalue weighted by Crippen LogP contribution is -2.35. The predicted molar refractivity (Wildman–Crippen MR) is 88.5 cm³/mol. The zero-order valence-electron chi connectivity index (χ0n) is 13.0. The van der Waals surface area contributed by atoms with Gasteiger partial charge in [-0.05, 0) is 36.3 Å². The van der Waals surface area contributed by atoms with Crippen LogP contribution in [0, 0.1) is 0 Å². The van der Waals surface area contributed by atoms with E-state index in [1.807, 2.05) is 0 Å². The Bertz CT molecular complexity index is 779. The standard InChI is InChI=1S/C15H16ClF3N2O3S/c16-13-4-3-12(15(17,18)19)10-11(13)2-5-14(22)20-6-8-21-7-1-9-25(21,23)24/h2-5,10H,1,6-9H2,(H,20,22). The first-order valence-electron chi connectivity index (χ1n) is 7.40. The van der Waals surface area contributed by atoms with Gasteiger partial charge in [-0.2, -0.15) is 13.2 Å². The van der Waals surface area contributed by atoms with E-state index >= 15 is 0 Å². The summed E-state index contributed by atoms with van der Waals surface area (Å²) >= 11 is 5.83. The van der Waals surface area contributed by atoms with E-state index in [1.54, 1.807) is 0 Å². The zero-order chi connectivity index (χ0) is 18.7. The number of rotatable bonds is 5. The molecule has 25 heavy (non-hydrogen) atoms. The summed E-state index contributed by atoms with van der Waals surface area (Å²) in [6, 6.07) is 2.82. The topological polar surface area (TPSA) is 66.5 Å². The van der Waals surface area contributed by atoms with Crippen molar-refractivity contribution in [3.63, 3.8) is 0 Å². The molecule has 1 aliphatic rings. The number of hydrogen-bond donors (Lipinski definition) is 1. The first kappa shape index (κ1) is 19.7. The number of halogens is 4. The molecule has 1 aromatic carbocycles. The van der Waals surface area contributed by atoms with Crippen LogP contribution in [-0.4, -0.2) is 44.0 Å². The fraction of sp³-hybridized carbons (Fsp3) is 0.400. The molecule has 2 rings (SSSR count). The highest BCUT2D eigenvalue weighted by molar-refractivity contribution is 7.89. The van der Waals surface area contributed by atoms with Crippen molar-refractivity contribution in [1.29, 1.82) is 0 Å². The van der Waals surface area contributed by atoms with E-state index in [0.717, 1.165) is 24.3 Å². The number of carbonyl (C=O) groups is 1. The van der Waals surface area contributed by atoms with Gasteiger partial charge >= 0.3 is 6.18 Å². The van der Waals surface area contributed by atoms with Gasteiger partial charge in [-0.3, -0.25) is 4.79 Å². The largest absolute Gasteiger partial charge is 0.416 e. The van der Waals surface area contributed by atoms with Gasteiger partial charge in [-0.25, -0.2) is 12.7 Å². The van der Waals surface area contributed by atoms with Gasteiger partial charge < -0.3 is 5.32 Å². The van der Waals surface area contributed by atoms with Crippen molar-refractivity contribution in [2.24, 2.45) is 0 Å². The van der Waals surface area contributed by atoms with Crippen LogP contribution in [0.2, 0.25) is 5.02 Å². The number of hydrogen-bond acceptors (Lipinski definition) is 3. The maximum absolute atomic E-state index is 12.7. The summed E-state index contributed by atoms with van der Waals surface area (Å²) in [6.45, 7) is 0.693. The van der Waals surface area contributed by atoms with Gasteiger partial charge in [0.05, 0.1) is 11.3 Å². The van der Waals surface area contributed by atoms with Crippen LogP contribution in [0.15, 0.2) is 24.3 Å². The smallest absolute Gasteiger partial charge is 0.351 e. The average Bonchev–Trinajstić information content (AvgIpc) is 2.84. The quantitative estimate of drug-likeness (QED) is 0.778. The van der Waals surface area contributed by atoms with E-state index in [-0.39, 0.29) is 29.4 Å². The molecule has 0 saturated carbocycles. The molecule has 1 aliphatic heterocycles. The number of carbonyl (C=O) groups excluding carboxylic acids is 1. The van der Waals surface area contributed by atoms with Crippen molar-refractivity contribution < 1.29 is 26.4 Å². The van der Waals surface area contributed by atoms with E-state index in [2.05, 4.69) is 5.32 Å². The minimum absolute atomic E-state index is 0.0637. The maximum atomic E-state index is 12.7. The molecule has 1 fully saturated rings. The van der Waals surface area contributed by atoms with Crippen LogP contribution >= 0.6 is 11.6 Å². The summed E-state index contributed by atoms with van der Waals surface area (Å²) in [4.78, 5) is 11.7. The molecule has 10 heteroatoms.